The minimum atomic E-state index is -4.02. The van der Waals surface area contributed by atoms with Gasteiger partial charge in [-0.3, -0.25) is 27.1 Å². The van der Waals surface area contributed by atoms with Crippen LogP contribution in [0.5, 0.6) is 0 Å². The fourth-order valence-electron chi connectivity index (χ4n) is 2.97. The van der Waals surface area contributed by atoms with E-state index < -0.39 is 32.8 Å². The number of anilines is 1. The van der Waals surface area contributed by atoms with Crippen molar-refractivity contribution in [1.82, 2.24) is 19.5 Å². The summed E-state index contributed by atoms with van der Waals surface area (Å²) in [7, 11) is -3.71. The summed E-state index contributed by atoms with van der Waals surface area (Å²) in [5, 5.41) is 2.96. The van der Waals surface area contributed by atoms with E-state index in [0.29, 0.717) is 17.0 Å². The Kier molecular flexibility index (Phi) is 10.5. The molecule has 2 aromatic rings. The summed E-state index contributed by atoms with van der Waals surface area (Å²) in [5.41, 5.74) is -0.676. The van der Waals surface area contributed by atoms with Crippen LogP contribution < -0.4 is 5.32 Å². The van der Waals surface area contributed by atoms with E-state index in [1.165, 1.54) is 14.2 Å². The average Bonchev–Trinajstić information content (AvgIpc) is 3.14. The first-order valence-electron chi connectivity index (χ1n) is 11.1. The molecule has 16 heteroatoms. The van der Waals surface area contributed by atoms with Crippen molar-refractivity contribution in [3.05, 3.63) is 11.6 Å². The van der Waals surface area contributed by atoms with Gasteiger partial charge in [0.1, 0.15) is 0 Å². The van der Waals surface area contributed by atoms with Crippen LogP contribution in [0.15, 0.2) is 6.33 Å². The van der Waals surface area contributed by atoms with Crippen LogP contribution in [-0.4, -0.2) is 65.2 Å². The van der Waals surface area contributed by atoms with Gasteiger partial charge in [0.25, 0.3) is 0 Å². The van der Waals surface area contributed by atoms with Crippen LogP contribution in [0, 0.1) is 5.92 Å². The van der Waals surface area contributed by atoms with E-state index in [2.05, 4.69) is 20.3 Å². The van der Waals surface area contributed by atoms with Gasteiger partial charge >= 0.3 is 15.6 Å². The molecule has 0 aromatic carbocycles. The molecule has 0 aliphatic heterocycles. The van der Waals surface area contributed by atoms with E-state index in [9.17, 15) is 9.13 Å². The molecule has 2 heterocycles. The standard InChI is InChI=1S/C20H36ClN5O8P2/c1-19(2,3)33-36(28,34-20(4,5)6)32-12-14(11-31-35(27,29-8)30-9)10-26-13-23-15-16(22-7)24-18(21)25-17(15)26/h13-14H,10-12H2,1-9H3,(H,22,24,25). The lowest BCUT2D eigenvalue weighted by molar-refractivity contribution is -0.00465. The van der Waals surface area contributed by atoms with Crippen LogP contribution in [0.4, 0.5) is 5.82 Å². The number of nitrogens with zero attached hydrogens (tertiary/aromatic N) is 4. The van der Waals surface area contributed by atoms with Crippen LogP contribution in [0.2, 0.25) is 5.28 Å². The number of rotatable bonds is 13. The number of phosphoric acid groups is 2. The minimum Gasteiger partial charge on any atom is -0.371 e. The highest BCUT2D eigenvalue weighted by Crippen LogP contribution is 2.56. The Labute approximate surface area is 216 Å². The lowest BCUT2D eigenvalue weighted by atomic mass is 10.2. The van der Waals surface area contributed by atoms with Crippen molar-refractivity contribution in [2.24, 2.45) is 5.92 Å². The maximum atomic E-state index is 13.5. The predicted octanol–water partition coefficient (Wildman–Crippen LogP) is 5.31. The molecule has 0 radical (unpaired) electrons. The van der Waals surface area contributed by atoms with Gasteiger partial charge in [-0.1, -0.05) is 0 Å². The number of imidazole rings is 1. The summed E-state index contributed by atoms with van der Waals surface area (Å²) in [6.45, 7) is 10.3. The van der Waals surface area contributed by atoms with E-state index in [1.807, 2.05) is 0 Å². The second-order valence-electron chi connectivity index (χ2n) is 9.78. The van der Waals surface area contributed by atoms with Crippen molar-refractivity contribution in [3.8, 4) is 0 Å². The Balaban J connectivity index is 2.36. The molecule has 0 bridgehead atoms. The van der Waals surface area contributed by atoms with Gasteiger partial charge in [0.2, 0.25) is 5.28 Å². The van der Waals surface area contributed by atoms with Gasteiger partial charge in [-0.25, -0.2) is 14.1 Å². The molecule has 0 saturated carbocycles. The van der Waals surface area contributed by atoms with Crippen LogP contribution in [0.3, 0.4) is 0 Å². The molecular formula is C20H36ClN5O8P2. The quantitative estimate of drug-likeness (QED) is 0.245. The summed E-state index contributed by atoms with van der Waals surface area (Å²) >= 11 is 6.08. The summed E-state index contributed by atoms with van der Waals surface area (Å²) in [6, 6.07) is 0. The zero-order chi connectivity index (χ0) is 27.4. The Morgan fingerprint density at radius 1 is 0.972 bits per heavy atom. The fourth-order valence-corrected chi connectivity index (χ4v) is 5.77. The molecule has 1 unspecified atom stereocenters. The van der Waals surface area contributed by atoms with Crippen LogP contribution in [-0.2, 0) is 42.8 Å². The van der Waals surface area contributed by atoms with E-state index >= 15 is 0 Å². The number of halogens is 1. The lowest BCUT2D eigenvalue weighted by Gasteiger charge is -2.31. The third-order valence-corrected chi connectivity index (χ3v) is 7.82. The Bertz CT molecular complexity index is 1090. The van der Waals surface area contributed by atoms with Crippen LogP contribution >= 0.6 is 27.2 Å². The van der Waals surface area contributed by atoms with Gasteiger partial charge in [-0.15, -0.1) is 0 Å². The zero-order valence-electron chi connectivity index (χ0n) is 22.1. The van der Waals surface area contributed by atoms with Crippen molar-refractivity contribution in [2.45, 2.75) is 59.3 Å². The number of hydrogen-bond donors (Lipinski definition) is 1. The number of phosphoric ester groups is 2. The molecule has 13 nitrogen and oxygen atoms in total. The Hall–Kier alpha value is -1.14. The van der Waals surface area contributed by atoms with Crippen molar-refractivity contribution in [2.75, 3.05) is 39.8 Å². The maximum absolute atomic E-state index is 13.5. The van der Waals surface area contributed by atoms with E-state index in [4.69, 9.17) is 38.7 Å². The van der Waals surface area contributed by atoms with Crippen molar-refractivity contribution < 1.29 is 36.3 Å². The molecule has 0 saturated heterocycles. The topological polar surface area (TPSA) is 145 Å². The van der Waals surface area contributed by atoms with Gasteiger partial charge in [0, 0.05) is 33.7 Å². The van der Waals surface area contributed by atoms with Gasteiger partial charge in [-0.05, 0) is 53.1 Å². The van der Waals surface area contributed by atoms with Crippen LogP contribution in [0.25, 0.3) is 11.2 Å². The third kappa shape index (κ3) is 9.31. The van der Waals surface area contributed by atoms with Crippen molar-refractivity contribution >= 4 is 44.2 Å². The van der Waals surface area contributed by atoms with Gasteiger partial charge in [0.05, 0.1) is 30.7 Å². The van der Waals surface area contributed by atoms with E-state index in [-0.39, 0.29) is 25.0 Å². The van der Waals surface area contributed by atoms with E-state index in [1.54, 1.807) is 59.5 Å². The second kappa shape index (κ2) is 12.1. The molecule has 1 N–H and O–H groups in total. The summed E-state index contributed by atoms with van der Waals surface area (Å²) in [4.78, 5) is 12.7. The average molecular weight is 572 g/mol. The van der Waals surface area contributed by atoms with Crippen molar-refractivity contribution in [1.29, 1.82) is 0 Å². The smallest absolute Gasteiger partial charge is 0.371 e. The number of nitrogens with one attached hydrogen (secondary N) is 1. The number of fused-ring (bicyclic) bond motifs is 1. The SMILES string of the molecule is CNc1nc(Cl)nc2c1ncn2CC(COP(=O)(OC)OC)COP(=O)(OC(C)(C)C)OC(C)(C)C. The first kappa shape index (κ1) is 31.1. The largest absolute Gasteiger partial charge is 0.475 e. The molecule has 2 aromatic heterocycles. The van der Waals surface area contributed by atoms with Crippen LogP contribution in [0.1, 0.15) is 41.5 Å². The lowest BCUT2D eigenvalue weighted by Crippen LogP contribution is -2.27. The molecule has 0 aliphatic rings. The number of hydrogen-bond acceptors (Lipinski definition) is 12. The van der Waals surface area contributed by atoms with E-state index in [0.717, 1.165) is 0 Å². The molecule has 0 spiro atoms. The molecule has 1 atom stereocenters. The highest BCUT2D eigenvalue weighted by Gasteiger charge is 2.38. The normalized spacial score (nSPS) is 14.4. The molecule has 2 rings (SSSR count). The third-order valence-electron chi connectivity index (χ3n) is 4.28. The molecule has 0 aliphatic carbocycles. The highest BCUT2D eigenvalue weighted by molar-refractivity contribution is 7.48. The first-order chi connectivity index (χ1) is 16.5. The Morgan fingerprint density at radius 2 is 1.50 bits per heavy atom. The Morgan fingerprint density at radius 3 is 1.97 bits per heavy atom. The predicted molar refractivity (Wildman–Crippen MR) is 136 cm³/mol. The molecule has 206 valence electrons. The monoisotopic (exact) mass is 571 g/mol. The summed E-state index contributed by atoms with van der Waals surface area (Å²) in [5.74, 6) is -0.0917. The number of aromatic nitrogens is 4. The van der Waals surface area contributed by atoms with Gasteiger partial charge in [-0.2, -0.15) is 9.97 Å². The summed E-state index contributed by atoms with van der Waals surface area (Å²) < 4.78 is 60.0. The minimum absolute atomic E-state index is 0.0302. The van der Waals surface area contributed by atoms with Gasteiger partial charge < -0.3 is 9.88 Å². The first-order valence-corrected chi connectivity index (χ1v) is 14.4. The highest BCUT2D eigenvalue weighted by atomic mass is 35.5. The molecule has 36 heavy (non-hydrogen) atoms. The van der Waals surface area contributed by atoms with Crippen molar-refractivity contribution in [3.63, 3.8) is 0 Å². The van der Waals surface area contributed by atoms with Gasteiger partial charge in [0.15, 0.2) is 17.0 Å². The molecule has 0 fully saturated rings. The summed E-state index contributed by atoms with van der Waals surface area (Å²) in [6.07, 6.45) is 1.55. The molecular weight excluding hydrogens is 536 g/mol. The second-order valence-corrected chi connectivity index (χ2v) is 13.5. The maximum Gasteiger partial charge on any atom is 0.475 e. The molecule has 0 amide bonds. The zero-order valence-corrected chi connectivity index (χ0v) is 24.6. The fraction of sp³-hybridized carbons (Fsp3) is 0.750.